The summed E-state index contributed by atoms with van der Waals surface area (Å²) >= 11 is 1.41. The topological polar surface area (TPSA) is 76.0 Å². The van der Waals surface area contributed by atoms with Gasteiger partial charge in [0.25, 0.3) is 5.91 Å². The molecule has 1 fully saturated rings. The molecule has 1 aromatic carbocycles. The first-order valence-electron chi connectivity index (χ1n) is 8.88. The summed E-state index contributed by atoms with van der Waals surface area (Å²) in [6.07, 6.45) is 4.84. The lowest BCUT2D eigenvalue weighted by atomic mass is 10.2. The van der Waals surface area contributed by atoms with Gasteiger partial charge in [0.2, 0.25) is 5.91 Å². The molecular weight excluding hydrogens is 348 g/mol. The Morgan fingerprint density at radius 1 is 1.15 bits per heavy atom. The summed E-state index contributed by atoms with van der Waals surface area (Å²) in [5.41, 5.74) is 7.60. The third-order valence-corrected chi connectivity index (χ3v) is 5.68. The van der Waals surface area contributed by atoms with Crippen molar-refractivity contribution in [2.75, 3.05) is 5.75 Å². The summed E-state index contributed by atoms with van der Waals surface area (Å²) in [5.74, 6) is -0.379. The molecule has 1 saturated carbocycles. The second-order valence-electron chi connectivity index (χ2n) is 6.53. The number of carbonyl (C=O) groups excluding carboxylic acids is 2. The maximum atomic E-state index is 12.1. The Labute approximate surface area is 157 Å². The Morgan fingerprint density at radius 3 is 2.54 bits per heavy atom. The van der Waals surface area contributed by atoms with Crippen molar-refractivity contribution in [2.24, 2.45) is 0 Å². The quantitative estimate of drug-likeness (QED) is 0.624. The number of benzene rings is 1. The van der Waals surface area contributed by atoms with Gasteiger partial charge in [0.1, 0.15) is 0 Å². The fraction of sp³-hybridized carbons (Fsp3) is 0.421. The summed E-state index contributed by atoms with van der Waals surface area (Å²) in [4.78, 5) is 28.7. The monoisotopic (exact) mass is 372 g/mol. The molecule has 1 aliphatic rings. The molecule has 3 rings (SSSR count). The van der Waals surface area contributed by atoms with Crippen molar-refractivity contribution in [3.8, 4) is 0 Å². The molecule has 26 heavy (non-hydrogen) atoms. The highest BCUT2D eigenvalue weighted by molar-refractivity contribution is 7.99. The van der Waals surface area contributed by atoms with Crippen LogP contribution in [0.5, 0.6) is 0 Å². The summed E-state index contributed by atoms with van der Waals surface area (Å²) in [6.45, 7) is 4.09. The van der Waals surface area contributed by atoms with Gasteiger partial charge in [-0.25, -0.2) is 4.98 Å². The molecule has 1 aliphatic carbocycles. The molecule has 6 nitrogen and oxygen atoms in total. The van der Waals surface area contributed by atoms with Gasteiger partial charge in [0.05, 0.1) is 11.4 Å². The highest BCUT2D eigenvalue weighted by atomic mass is 32.2. The molecule has 7 heteroatoms. The third-order valence-electron chi connectivity index (χ3n) is 4.73. The van der Waals surface area contributed by atoms with Crippen LogP contribution in [0.15, 0.2) is 35.5 Å². The summed E-state index contributed by atoms with van der Waals surface area (Å²) < 4.78 is 2.28. The van der Waals surface area contributed by atoms with Crippen LogP contribution < -0.4 is 10.9 Å². The third kappa shape index (κ3) is 4.27. The Bertz CT molecular complexity index is 782. The van der Waals surface area contributed by atoms with E-state index in [1.54, 1.807) is 24.3 Å². The van der Waals surface area contributed by atoms with Crippen molar-refractivity contribution in [2.45, 2.75) is 50.7 Å². The van der Waals surface area contributed by atoms with Crippen LogP contribution in [-0.4, -0.2) is 27.1 Å². The number of imidazole rings is 1. The highest BCUT2D eigenvalue weighted by Crippen LogP contribution is 2.35. The van der Waals surface area contributed by atoms with Crippen LogP contribution in [0.2, 0.25) is 0 Å². The van der Waals surface area contributed by atoms with Gasteiger partial charge >= 0.3 is 0 Å². The molecule has 0 aliphatic heterocycles. The number of carbonyl (C=O) groups is 2. The fourth-order valence-corrected chi connectivity index (χ4v) is 4.20. The lowest BCUT2D eigenvalue weighted by molar-refractivity contribution is -0.119. The number of nitrogens with one attached hydrogen (secondary N) is 2. The number of amides is 2. The van der Waals surface area contributed by atoms with Crippen LogP contribution in [-0.2, 0) is 4.79 Å². The number of hydrogen-bond donors (Lipinski definition) is 2. The van der Waals surface area contributed by atoms with Crippen LogP contribution in [0.4, 0.5) is 0 Å². The standard InChI is InChI=1S/C19H24N4O2S/c1-13-14(2)23(16-10-6-7-11-16)19(20-13)26-12-17(24)21-22-18(25)15-8-4-3-5-9-15/h3-5,8-9,16H,6-7,10-12H2,1-2H3,(H,21,24)(H,22,25). The molecule has 0 radical (unpaired) electrons. The summed E-state index contributed by atoms with van der Waals surface area (Å²) in [6, 6.07) is 9.27. The van der Waals surface area contributed by atoms with Crippen LogP contribution in [0.25, 0.3) is 0 Å². The molecule has 1 heterocycles. The number of hydrogen-bond acceptors (Lipinski definition) is 4. The molecule has 0 bridgehead atoms. The van der Waals surface area contributed by atoms with Gasteiger partial charge < -0.3 is 4.57 Å². The van der Waals surface area contributed by atoms with Gasteiger partial charge in [-0.3, -0.25) is 20.4 Å². The van der Waals surface area contributed by atoms with Crippen molar-refractivity contribution in [3.05, 3.63) is 47.3 Å². The predicted molar refractivity (Wildman–Crippen MR) is 102 cm³/mol. The van der Waals surface area contributed by atoms with Crippen molar-refractivity contribution >= 4 is 23.6 Å². The van der Waals surface area contributed by atoms with Crippen molar-refractivity contribution in [1.29, 1.82) is 0 Å². The van der Waals surface area contributed by atoms with Crippen molar-refractivity contribution in [3.63, 3.8) is 0 Å². The zero-order valence-corrected chi connectivity index (χ0v) is 15.9. The second-order valence-corrected chi connectivity index (χ2v) is 7.47. The molecule has 0 saturated heterocycles. The van der Waals surface area contributed by atoms with E-state index in [4.69, 9.17) is 0 Å². The predicted octanol–water partition coefficient (Wildman–Crippen LogP) is 3.17. The normalized spacial score (nSPS) is 14.4. The van der Waals surface area contributed by atoms with Gasteiger partial charge in [-0.15, -0.1) is 0 Å². The number of rotatable bonds is 5. The second kappa shape index (κ2) is 8.40. The molecule has 1 aromatic heterocycles. The minimum Gasteiger partial charge on any atom is -0.320 e. The van der Waals surface area contributed by atoms with E-state index in [0.29, 0.717) is 11.6 Å². The Balaban J connectivity index is 1.55. The van der Waals surface area contributed by atoms with Crippen LogP contribution >= 0.6 is 11.8 Å². The van der Waals surface area contributed by atoms with E-state index in [1.165, 1.54) is 43.1 Å². The number of hydrazine groups is 1. The Hall–Kier alpha value is -2.28. The zero-order chi connectivity index (χ0) is 18.5. The van der Waals surface area contributed by atoms with Gasteiger partial charge in [-0.2, -0.15) is 0 Å². The van der Waals surface area contributed by atoms with E-state index in [2.05, 4.69) is 27.3 Å². The van der Waals surface area contributed by atoms with Gasteiger partial charge in [-0.1, -0.05) is 42.8 Å². The minimum atomic E-state index is -0.330. The fourth-order valence-electron chi connectivity index (χ4n) is 3.24. The van der Waals surface area contributed by atoms with Gasteiger partial charge in [0.15, 0.2) is 5.16 Å². The Kier molecular flexibility index (Phi) is 5.98. The molecule has 0 spiro atoms. The lowest BCUT2D eigenvalue weighted by Crippen LogP contribution is -2.42. The smallest absolute Gasteiger partial charge is 0.269 e. The SMILES string of the molecule is Cc1nc(SCC(=O)NNC(=O)c2ccccc2)n(C2CCCC2)c1C. The largest absolute Gasteiger partial charge is 0.320 e. The molecule has 0 atom stereocenters. The van der Waals surface area contributed by atoms with Gasteiger partial charge in [-0.05, 0) is 38.8 Å². The molecule has 2 amide bonds. The average molecular weight is 372 g/mol. The van der Waals surface area contributed by atoms with E-state index in [-0.39, 0.29) is 17.6 Å². The maximum absolute atomic E-state index is 12.1. The zero-order valence-electron chi connectivity index (χ0n) is 15.1. The van der Waals surface area contributed by atoms with Gasteiger partial charge in [0, 0.05) is 17.3 Å². The molecule has 138 valence electrons. The molecule has 2 N–H and O–H groups in total. The number of aryl methyl sites for hydroxylation is 1. The molecule has 2 aromatic rings. The van der Waals surface area contributed by atoms with E-state index in [1.807, 2.05) is 13.0 Å². The van der Waals surface area contributed by atoms with Crippen molar-refractivity contribution in [1.82, 2.24) is 20.4 Å². The number of thioether (sulfide) groups is 1. The average Bonchev–Trinajstić information content (AvgIpc) is 3.27. The van der Waals surface area contributed by atoms with Crippen molar-refractivity contribution < 1.29 is 9.59 Å². The minimum absolute atomic E-state index is 0.206. The van der Waals surface area contributed by atoms with E-state index in [0.717, 1.165) is 10.9 Å². The highest BCUT2D eigenvalue weighted by Gasteiger charge is 2.23. The van der Waals surface area contributed by atoms with E-state index >= 15 is 0 Å². The first-order valence-corrected chi connectivity index (χ1v) is 9.87. The summed E-state index contributed by atoms with van der Waals surface area (Å²) in [7, 11) is 0. The van der Waals surface area contributed by atoms with Crippen LogP contribution in [0.1, 0.15) is 53.5 Å². The van der Waals surface area contributed by atoms with E-state index in [9.17, 15) is 9.59 Å². The first kappa shape index (κ1) is 18.5. The summed E-state index contributed by atoms with van der Waals surface area (Å²) in [5, 5.41) is 0.886. The molecular formula is C19H24N4O2S. The Morgan fingerprint density at radius 2 is 1.85 bits per heavy atom. The van der Waals surface area contributed by atoms with Crippen LogP contribution in [0, 0.1) is 13.8 Å². The number of aromatic nitrogens is 2. The van der Waals surface area contributed by atoms with Crippen LogP contribution in [0.3, 0.4) is 0 Å². The van der Waals surface area contributed by atoms with E-state index < -0.39 is 0 Å². The lowest BCUT2D eigenvalue weighted by Gasteiger charge is -2.16. The molecule has 0 unspecified atom stereocenters. The number of nitrogens with zero attached hydrogens (tertiary/aromatic N) is 2. The maximum Gasteiger partial charge on any atom is 0.269 e. The first-order chi connectivity index (χ1) is 12.6.